The summed E-state index contributed by atoms with van der Waals surface area (Å²) in [7, 11) is 1.94. The van der Waals surface area contributed by atoms with Crippen molar-refractivity contribution < 1.29 is 9.84 Å². The Morgan fingerprint density at radius 2 is 2.05 bits per heavy atom. The quantitative estimate of drug-likeness (QED) is 0.710. The maximum atomic E-state index is 10.1. The fourth-order valence-electron chi connectivity index (χ4n) is 2.22. The molecule has 1 aromatic heterocycles. The Labute approximate surface area is 133 Å². The number of fused-ring (bicyclic) bond motifs is 1. The van der Waals surface area contributed by atoms with E-state index in [-0.39, 0.29) is 6.61 Å². The Morgan fingerprint density at radius 1 is 1.23 bits per heavy atom. The van der Waals surface area contributed by atoms with Crippen LogP contribution in [-0.4, -0.2) is 33.1 Å². The summed E-state index contributed by atoms with van der Waals surface area (Å²) in [6.07, 6.45) is 3.10. The molecule has 114 valence electrons. The summed E-state index contributed by atoms with van der Waals surface area (Å²) >= 11 is 1.52. The number of thioether (sulfide) groups is 1. The molecule has 5 heteroatoms. The number of ether oxygens (including phenoxy) is 1. The summed E-state index contributed by atoms with van der Waals surface area (Å²) < 4.78 is 7.72. The van der Waals surface area contributed by atoms with Crippen molar-refractivity contribution in [2.45, 2.75) is 11.3 Å². The monoisotopic (exact) mass is 314 g/mol. The van der Waals surface area contributed by atoms with Gasteiger partial charge in [-0.2, -0.15) is 0 Å². The zero-order valence-electron chi connectivity index (χ0n) is 12.3. The zero-order chi connectivity index (χ0) is 15.4. The van der Waals surface area contributed by atoms with Crippen molar-refractivity contribution in [1.29, 1.82) is 0 Å². The van der Waals surface area contributed by atoms with Crippen molar-refractivity contribution in [3.05, 3.63) is 54.9 Å². The molecule has 0 fully saturated rings. The topological polar surface area (TPSA) is 47.3 Å². The third-order valence-electron chi connectivity index (χ3n) is 3.36. The van der Waals surface area contributed by atoms with Crippen LogP contribution < -0.4 is 4.74 Å². The van der Waals surface area contributed by atoms with Gasteiger partial charge in [-0.25, -0.2) is 4.98 Å². The molecule has 0 aliphatic heterocycles. The van der Waals surface area contributed by atoms with E-state index in [1.54, 1.807) is 6.20 Å². The lowest BCUT2D eigenvalue weighted by Gasteiger charge is -2.13. The highest BCUT2D eigenvalue weighted by Gasteiger charge is 2.10. The fourth-order valence-corrected chi connectivity index (χ4v) is 3.05. The van der Waals surface area contributed by atoms with Crippen molar-refractivity contribution in [2.24, 2.45) is 7.05 Å². The van der Waals surface area contributed by atoms with Gasteiger partial charge < -0.3 is 14.4 Å². The highest BCUT2D eigenvalue weighted by Crippen LogP contribution is 2.25. The van der Waals surface area contributed by atoms with E-state index in [2.05, 4.69) is 17.1 Å². The van der Waals surface area contributed by atoms with Crippen molar-refractivity contribution in [3.8, 4) is 5.75 Å². The normalized spacial score (nSPS) is 12.5. The molecule has 0 aliphatic carbocycles. The molecule has 0 aliphatic rings. The smallest absolute Gasteiger partial charge is 0.167 e. The van der Waals surface area contributed by atoms with Crippen LogP contribution in [0.5, 0.6) is 5.75 Å². The molecule has 0 bridgehead atoms. The van der Waals surface area contributed by atoms with Crippen LogP contribution in [0.4, 0.5) is 0 Å². The van der Waals surface area contributed by atoms with E-state index in [4.69, 9.17) is 4.74 Å². The van der Waals surface area contributed by atoms with E-state index in [1.165, 1.54) is 11.8 Å². The predicted molar refractivity (Wildman–Crippen MR) is 89.4 cm³/mol. The van der Waals surface area contributed by atoms with Gasteiger partial charge in [0.2, 0.25) is 0 Å². The highest BCUT2D eigenvalue weighted by molar-refractivity contribution is 7.99. The number of imidazole rings is 1. The predicted octanol–water partition coefficient (Wildman–Crippen LogP) is 3.11. The molecule has 3 aromatic rings. The molecule has 22 heavy (non-hydrogen) atoms. The summed E-state index contributed by atoms with van der Waals surface area (Å²) in [5.41, 5.74) is 0. The molecule has 0 saturated heterocycles. The van der Waals surface area contributed by atoms with Gasteiger partial charge in [0.25, 0.3) is 0 Å². The number of hydrogen-bond acceptors (Lipinski definition) is 4. The second-order valence-corrected chi connectivity index (χ2v) is 6.06. The Balaban J connectivity index is 1.58. The molecule has 0 spiro atoms. The molecule has 1 atom stereocenters. The standard InChI is InChI=1S/C17H18N2O2S/c1-19-10-9-18-17(19)22-12-14(20)11-21-16-8-4-6-13-5-2-3-7-15(13)16/h2-10,14,20H,11-12H2,1H3. The van der Waals surface area contributed by atoms with Gasteiger partial charge in [0.05, 0.1) is 6.10 Å². The molecule has 0 radical (unpaired) electrons. The molecule has 1 unspecified atom stereocenters. The maximum Gasteiger partial charge on any atom is 0.167 e. The van der Waals surface area contributed by atoms with Crippen molar-refractivity contribution >= 4 is 22.5 Å². The van der Waals surface area contributed by atoms with E-state index in [0.717, 1.165) is 21.7 Å². The van der Waals surface area contributed by atoms with Crippen LogP contribution in [0.1, 0.15) is 0 Å². The minimum absolute atomic E-state index is 0.269. The number of nitrogens with zero attached hydrogens (tertiary/aromatic N) is 2. The average molecular weight is 314 g/mol. The van der Waals surface area contributed by atoms with Gasteiger partial charge in [-0.3, -0.25) is 0 Å². The second kappa shape index (κ2) is 6.85. The van der Waals surface area contributed by atoms with Gasteiger partial charge in [0, 0.05) is 30.6 Å². The lowest BCUT2D eigenvalue weighted by molar-refractivity contribution is 0.127. The van der Waals surface area contributed by atoms with Crippen molar-refractivity contribution in [3.63, 3.8) is 0 Å². The second-order valence-electron chi connectivity index (χ2n) is 5.07. The molecule has 1 heterocycles. The SMILES string of the molecule is Cn1ccnc1SCC(O)COc1cccc2ccccc12. The first-order chi connectivity index (χ1) is 10.7. The van der Waals surface area contributed by atoms with Crippen LogP contribution >= 0.6 is 11.8 Å². The number of aliphatic hydroxyl groups excluding tert-OH is 1. The van der Waals surface area contributed by atoms with E-state index < -0.39 is 6.10 Å². The van der Waals surface area contributed by atoms with E-state index in [9.17, 15) is 5.11 Å². The minimum Gasteiger partial charge on any atom is -0.490 e. The number of aryl methyl sites for hydroxylation is 1. The largest absolute Gasteiger partial charge is 0.490 e. The van der Waals surface area contributed by atoms with Gasteiger partial charge in [0.1, 0.15) is 12.4 Å². The van der Waals surface area contributed by atoms with Crippen LogP contribution in [0.3, 0.4) is 0 Å². The summed E-state index contributed by atoms with van der Waals surface area (Å²) in [6, 6.07) is 14.0. The van der Waals surface area contributed by atoms with Crippen molar-refractivity contribution in [2.75, 3.05) is 12.4 Å². The third-order valence-corrected chi connectivity index (χ3v) is 4.57. The van der Waals surface area contributed by atoms with E-state index in [1.807, 2.05) is 48.1 Å². The number of aliphatic hydroxyl groups is 1. The number of rotatable bonds is 6. The number of benzene rings is 2. The molecule has 0 saturated carbocycles. The highest BCUT2D eigenvalue weighted by atomic mass is 32.2. The van der Waals surface area contributed by atoms with Crippen LogP contribution in [0.2, 0.25) is 0 Å². The molecule has 4 nitrogen and oxygen atoms in total. The first kappa shape index (κ1) is 14.9. The lowest BCUT2D eigenvalue weighted by atomic mass is 10.1. The maximum absolute atomic E-state index is 10.1. The molecular weight excluding hydrogens is 296 g/mol. The Bertz CT molecular complexity index is 752. The zero-order valence-corrected chi connectivity index (χ0v) is 13.2. The van der Waals surface area contributed by atoms with Crippen LogP contribution in [0.15, 0.2) is 60.0 Å². The molecule has 2 aromatic carbocycles. The third kappa shape index (κ3) is 3.43. The summed E-state index contributed by atoms with van der Waals surface area (Å²) in [5, 5.41) is 13.2. The van der Waals surface area contributed by atoms with Gasteiger partial charge >= 0.3 is 0 Å². The van der Waals surface area contributed by atoms with Gasteiger partial charge in [-0.05, 0) is 11.5 Å². The average Bonchev–Trinajstić information content (AvgIpc) is 2.96. The van der Waals surface area contributed by atoms with Gasteiger partial charge in [-0.1, -0.05) is 48.2 Å². The number of hydrogen-bond donors (Lipinski definition) is 1. The lowest BCUT2D eigenvalue weighted by Crippen LogP contribution is -2.20. The summed E-state index contributed by atoms with van der Waals surface area (Å²) in [5.74, 6) is 1.36. The molecule has 3 rings (SSSR count). The van der Waals surface area contributed by atoms with Gasteiger partial charge in [0.15, 0.2) is 5.16 Å². The molecular formula is C17H18N2O2S. The number of aromatic nitrogens is 2. The first-order valence-electron chi connectivity index (χ1n) is 7.13. The van der Waals surface area contributed by atoms with E-state index >= 15 is 0 Å². The summed E-state index contributed by atoms with van der Waals surface area (Å²) in [6.45, 7) is 0.269. The van der Waals surface area contributed by atoms with Crippen LogP contribution in [-0.2, 0) is 7.05 Å². The van der Waals surface area contributed by atoms with Gasteiger partial charge in [-0.15, -0.1) is 0 Å². The first-order valence-corrected chi connectivity index (χ1v) is 8.11. The van der Waals surface area contributed by atoms with Crippen molar-refractivity contribution in [1.82, 2.24) is 9.55 Å². The fraction of sp³-hybridized carbons (Fsp3) is 0.235. The summed E-state index contributed by atoms with van der Waals surface area (Å²) in [4.78, 5) is 4.22. The molecule has 0 amide bonds. The Morgan fingerprint density at radius 3 is 2.86 bits per heavy atom. The Kier molecular flexibility index (Phi) is 4.65. The van der Waals surface area contributed by atoms with Crippen LogP contribution in [0, 0.1) is 0 Å². The van der Waals surface area contributed by atoms with E-state index in [0.29, 0.717) is 5.75 Å². The Hall–Kier alpha value is -1.98. The minimum atomic E-state index is -0.541. The molecule has 1 N–H and O–H groups in total. The van der Waals surface area contributed by atoms with Crippen LogP contribution in [0.25, 0.3) is 10.8 Å².